The molecule has 0 aromatic heterocycles. The molecule has 0 aliphatic heterocycles. The topological polar surface area (TPSA) is 40.5 Å². The molecule has 2 nitrogen and oxygen atoms in total. The lowest BCUT2D eigenvalue weighted by Gasteiger charge is -2.21. The zero-order valence-corrected chi connectivity index (χ0v) is 8.34. The minimum absolute atomic E-state index is 0.521. The molecule has 12 heavy (non-hydrogen) atoms. The molecule has 2 N–H and O–H groups in total. The number of aliphatic hydroxyl groups is 2. The van der Waals surface area contributed by atoms with Crippen LogP contribution in [0.2, 0.25) is 0 Å². The van der Waals surface area contributed by atoms with Gasteiger partial charge in [-0.3, -0.25) is 0 Å². The second-order valence-electron chi connectivity index (χ2n) is 3.54. The summed E-state index contributed by atoms with van der Waals surface area (Å²) in [6.07, 6.45) is 6.12. The quantitative estimate of drug-likeness (QED) is 0.459. The van der Waals surface area contributed by atoms with Gasteiger partial charge in [-0.05, 0) is 12.8 Å². The molecule has 0 fully saturated rings. The molecule has 0 unspecified atom stereocenters. The highest BCUT2D eigenvalue weighted by Crippen LogP contribution is 2.18. The highest BCUT2D eigenvalue weighted by Gasteiger charge is 2.20. The molecule has 0 rings (SSSR count). The van der Waals surface area contributed by atoms with Crippen LogP contribution in [-0.4, -0.2) is 16.0 Å². The third kappa shape index (κ3) is 6.62. The van der Waals surface area contributed by atoms with Crippen molar-refractivity contribution in [1.29, 1.82) is 0 Å². The molecule has 0 aliphatic carbocycles. The predicted molar refractivity (Wildman–Crippen MR) is 50.8 cm³/mol. The lowest BCUT2D eigenvalue weighted by molar-refractivity contribution is -0.171. The normalized spacial score (nSPS) is 12.0. The van der Waals surface area contributed by atoms with Gasteiger partial charge in [0.1, 0.15) is 0 Å². The van der Waals surface area contributed by atoms with E-state index in [9.17, 15) is 10.2 Å². The first kappa shape index (κ1) is 11.9. The summed E-state index contributed by atoms with van der Waals surface area (Å²) in [5.41, 5.74) is 0. The molecular weight excluding hydrogens is 152 g/mol. The summed E-state index contributed by atoms with van der Waals surface area (Å²) in [4.78, 5) is 0. The number of hydrogen-bond donors (Lipinski definition) is 2. The van der Waals surface area contributed by atoms with Crippen LogP contribution >= 0.6 is 0 Å². The van der Waals surface area contributed by atoms with Gasteiger partial charge in [-0.15, -0.1) is 0 Å². The van der Waals surface area contributed by atoms with E-state index >= 15 is 0 Å². The minimum atomic E-state index is -1.40. The molecular formula is C10H22O2. The Bertz CT molecular complexity index is 100. The van der Waals surface area contributed by atoms with Crippen molar-refractivity contribution in [2.24, 2.45) is 0 Å². The summed E-state index contributed by atoms with van der Waals surface area (Å²) in [7, 11) is 0. The van der Waals surface area contributed by atoms with Crippen molar-refractivity contribution in [3.8, 4) is 0 Å². The minimum Gasteiger partial charge on any atom is -0.366 e. The van der Waals surface area contributed by atoms with Crippen molar-refractivity contribution in [1.82, 2.24) is 0 Å². The molecule has 0 aliphatic rings. The second kappa shape index (κ2) is 6.44. The fraction of sp³-hybridized carbons (Fsp3) is 1.00. The largest absolute Gasteiger partial charge is 0.366 e. The van der Waals surface area contributed by atoms with E-state index in [0.29, 0.717) is 12.8 Å². The van der Waals surface area contributed by atoms with Gasteiger partial charge in [0.05, 0.1) is 0 Å². The zero-order valence-electron chi connectivity index (χ0n) is 8.34. The molecule has 0 aromatic carbocycles. The first-order valence-electron chi connectivity index (χ1n) is 5.07. The molecule has 0 atom stereocenters. The first-order chi connectivity index (χ1) is 5.62. The third-order valence-electron chi connectivity index (χ3n) is 2.11. The Morgan fingerprint density at radius 2 is 1.33 bits per heavy atom. The van der Waals surface area contributed by atoms with E-state index in [1.165, 1.54) is 0 Å². The van der Waals surface area contributed by atoms with Gasteiger partial charge in [0.25, 0.3) is 0 Å². The summed E-state index contributed by atoms with van der Waals surface area (Å²) in [6.45, 7) is 4.17. The van der Waals surface area contributed by atoms with Gasteiger partial charge in [0.15, 0.2) is 5.79 Å². The Hall–Kier alpha value is -0.0800. The fourth-order valence-electron chi connectivity index (χ4n) is 1.24. The van der Waals surface area contributed by atoms with Gasteiger partial charge in [-0.25, -0.2) is 0 Å². The lowest BCUT2D eigenvalue weighted by atomic mass is 10.0. The van der Waals surface area contributed by atoms with E-state index < -0.39 is 5.79 Å². The van der Waals surface area contributed by atoms with Gasteiger partial charge in [0.2, 0.25) is 0 Å². The van der Waals surface area contributed by atoms with Crippen LogP contribution in [-0.2, 0) is 0 Å². The second-order valence-corrected chi connectivity index (χ2v) is 3.54. The van der Waals surface area contributed by atoms with Crippen LogP contribution in [0.1, 0.15) is 58.8 Å². The Morgan fingerprint density at radius 1 is 0.833 bits per heavy atom. The Kier molecular flexibility index (Phi) is 6.39. The molecule has 0 spiro atoms. The van der Waals surface area contributed by atoms with Crippen molar-refractivity contribution in [3.05, 3.63) is 0 Å². The van der Waals surface area contributed by atoms with E-state index in [0.717, 1.165) is 32.1 Å². The van der Waals surface area contributed by atoms with Crippen molar-refractivity contribution in [2.75, 3.05) is 0 Å². The van der Waals surface area contributed by atoms with E-state index in [2.05, 4.69) is 13.8 Å². The number of hydrogen-bond acceptors (Lipinski definition) is 2. The summed E-state index contributed by atoms with van der Waals surface area (Å²) in [6, 6.07) is 0. The van der Waals surface area contributed by atoms with Crippen molar-refractivity contribution >= 4 is 0 Å². The Labute approximate surface area is 75.6 Å². The predicted octanol–water partition coefficient (Wildman–Crippen LogP) is 2.44. The maximum atomic E-state index is 9.43. The van der Waals surface area contributed by atoms with Gasteiger partial charge >= 0.3 is 0 Å². The zero-order chi connectivity index (χ0) is 9.45. The monoisotopic (exact) mass is 174 g/mol. The maximum absolute atomic E-state index is 9.43. The van der Waals surface area contributed by atoms with Gasteiger partial charge in [-0.2, -0.15) is 0 Å². The van der Waals surface area contributed by atoms with Crippen LogP contribution in [0.15, 0.2) is 0 Å². The van der Waals surface area contributed by atoms with E-state index in [-0.39, 0.29) is 0 Å². The van der Waals surface area contributed by atoms with E-state index in [1.807, 2.05) is 0 Å². The Morgan fingerprint density at radius 3 is 1.83 bits per heavy atom. The van der Waals surface area contributed by atoms with Crippen LogP contribution in [0.3, 0.4) is 0 Å². The molecule has 0 saturated carbocycles. The maximum Gasteiger partial charge on any atom is 0.162 e. The highest BCUT2D eigenvalue weighted by atomic mass is 16.5. The molecule has 0 heterocycles. The average Bonchev–Trinajstić information content (AvgIpc) is 2.01. The van der Waals surface area contributed by atoms with Crippen LogP contribution in [0.4, 0.5) is 0 Å². The average molecular weight is 174 g/mol. The lowest BCUT2D eigenvalue weighted by Crippen LogP contribution is -2.27. The van der Waals surface area contributed by atoms with Crippen molar-refractivity contribution in [3.63, 3.8) is 0 Å². The highest BCUT2D eigenvalue weighted by molar-refractivity contribution is 4.63. The van der Waals surface area contributed by atoms with Crippen molar-refractivity contribution < 1.29 is 10.2 Å². The van der Waals surface area contributed by atoms with Gasteiger partial charge in [-0.1, -0.05) is 33.1 Å². The smallest absolute Gasteiger partial charge is 0.162 e. The third-order valence-corrected chi connectivity index (χ3v) is 2.11. The van der Waals surface area contributed by atoms with Crippen molar-refractivity contribution in [2.45, 2.75) is 64.6 Å². The first-order valence-corrected chi connectivity index (χ1v) is 5.07. The molecule has 0 aromatic rings. The van der Waals surface area contributed by atoms with E-state index in [1.54, 1.807) is 0 Å². The summed E-state index contributed by atoms with van der Waals surface area (Å²) >= 11 is 0. The van der Waals surface area contributed by atoms with Crippen LogP contribution in [0.5, 0.6) is 0 Å². The molecule has 0 bridgehead atoms. The molecule has 0 radical (unpaired) electrons. The Balaban J connectivity index is 3.42. The summed E-state index contributed by atoms with van der Waals surface area (Å²) in [5, 5.41) is 18.9. The number of rotatable bonds is 7. The fourth-order valence-corrected chi connectivity index (χ4v) is 1.24. The van der Waals surface area contributed by atoms with Gasteiger partial charge in [0, 0.05) is 12.8 Å². The standard InChI is InChI=1S/C10H22O2/c1-3-5-7-9-10(11,12)8-6-4-2/h11-12H,3-9H2,1-2H3. The molecule has 0 saturated heterocycles. The summed E-state index contributed by atoms with van der Waals surface area (Å²) < 4.78 is 0. The van der Waals surface area contributed by atoms with Crippen LogP contribution in [0.25, 0.3) is 0 Å². The molecule has 2 heteroatoms. The van der Waals surface area contributed by atoms with E-state index in [4.69, 9.17) is 0 Å². The molecule has 0 amide bonds. The SMILES string of the molecule is CCCCCC(O)(O)CCCC. The van der Waals surface area contributed by atoms with Crippen LogP contribution in [0, 0.1) is 0 Å². The number of unbranched alkanes of at least 4 members (excludes halogenated alkanes) is 3. The molecule has 74 valence electrons. The van der Waals surface area contributed by atoms with Gasteiger partial charge < -0.3 is 10.2 Å². The summed E-state index contributed by atoms with van der Waals surface area (Å²) in [5.74, 6) is -1.40. The van der Waals surface area contributed by atoms with Crippen LogP contribution < -0.4 is 0 Å².